The van der Waals surface area contributed by atoms with Gasteiger partial charge >= 0.3 is 0 Å². The molecule has 0 spiro atoms. The van der Waals surface area contributed by atoms with Crippen LogP contribution >= 0.6 is 11.3 Å². The molecule has 3 heteroatoms. The third-order valence-electron chi connectivity index (χ3n) is 3.87. The van der Waals surface area contributed by atoms with Gasteiger partial charge in [0.05, 0.1) is 11.2 Å². The molecule has 102 valence electrons. The van der Waals surface area contributed by atoms with E-state index in [1.54, 1.807) is 0 Å². The van der Waals surface area contributed by atoms with Gasteiger partial charge in [-0.05, 0) is 44.9 Å². The molecule has 1 aromatic heterocycles. The Kier molecular flexibility index (Phi) is 4.12. The van der Waals surface area contributed by atoms with Crippen molar-refractivity contribution in [2.24, 2.45) is 5.92 Å². The Labute approximate surface area is 115 Å². The van der Waals surface area contributed by atoms with Gasteiger partial charge in [-0.1, -0.05) is 20.8 Å². The molecule has 0 radical (unpaired) electrons. The highest BCUT2D eigenvalue weighted by Gasteiger charge is 2.47. The van der Waals surface area contributed by atoms with E-state index in [1.165, 1.54) is 23.5 Å². The molecule has 1 aromatic rings. The van der Waals surface area contributed by atoms with E-state index < -0.39 is 0 Å². The fourth-order valence-electron chi connectivity index (χ4n) is 2.74. The first-order valence-corrected chi connectivity index (χ1v) is 8.11. The summed E-state index contributed by atoms with van der Waals surface area (Å²) in [5.74, 6) is 1.32. The second kappa shape index (κ2) is 5.30. The lowest BCUT2D eigenvalue weighted by Gasteiger charge is -2.34. The number of thiazole rings is 1. The second-order valence-corrected chi connectivity index (χ2v) is 6.99. The van der Waals surface area contributed by atoms with Crippen LogP contribution in [0.25, 0.3) is 0 Å². The molecule has 1 N–H and O–H groups in total. The highest BCUT2D eigenvalue weighted by molar-refractivity contribution is 7.09. The standard InChI is InChI=1S/C15H26N2S/c1-6-15(12-7-8-12,17-11(4)5)14-16-13(9-18-14)10(2)3/h9-12,17H,6-8H2,1-5H3. The first-order chi connectivity index (χ1) is 8.49. The van der Waals surface area contributed by atoms with Gasteiger partial charge in [0, 0.05) is 11.4 Å². The summed E-state index contributed by atoms with van der Waals surface area (Å²) in [6.45, 7) is 11.2. The van der Waals surface area contributed by atoms with Gasteiger partial charge in [0.25, 0.3) is 0 Å². The van der Waals surface area contributed by atoms with Gasteiger partial charge in [0.1, 0.15) is 5.01 Å². The first kappa shape index (κ1) is 14.0. The zero-order valence-corrected chi connectivity index (χ0v) is 13.1. The number of aromatic nitrogens is 1. The maximum atomic E-state index is 4.92. The normalized spacial score (nSPS) is 19.5. The van der Waals surface area contributed by atoms with Gasteiger partial charge < -0.3 is 5.32 Å². The van der Waals surface area contributed by atoms with Crippen molar-refractivity contribution >= 4 is 11.3 Å². The van der Waals surface area contributed by atoms with Crippen LogP contribution in [-0.4, -0.2) is 11.0 Å². The zero-order valence-electron chi connectivity index (χ0n) is 12.3. The van der Waals surface area contributed by atoms with Gasteiger partial charge in [0.15, 0.2) is 0 Å². The van der Waals surface area contributed by atoms with E-state index in [-0.39, 0.29) is 5.54 Å². The summed E-state index contributed by atoms with van der Waals surface area (Å²) < 4.78 is 0. The number of nitrogens with one attached hydrogen (secondary N) is 1. The quantitative estimate of drug-likeness (QED) is 0.831. The highest BCUT2D eigenvalue weighted by Crippen LogP contribution is 2.49. The van der Waals surface area contributed by atoms with Gasteiger partial charge in [-0.15, -0.1) is 11.3 Å². The van der Waals surface area contributed by atoms with Crippen LogP contribution in [0.1, 0.15) is 70.5 Å². The van der Waals surface area contributed by atoms with Crippen LogP contribution in [0.3, 0.4) is 0 Å². The molecular formula is C15H26N2S. The van der Waals surface area contributed by atoms with Crippen molar-refractivity contribution in [1.29, 1.82) is 0 Å². The van der Waals surface area contributed by atoms with Crippen molar-refractivity contribution in [3.8, 4) is 0 Å². The summed E-state index contributed by atoms with van der Waals surface area (Å²) in [6.07, 6.45) is 3.84. The molecule has 0 amide bonds. The Bertz CT molecular complexity index is 393. The van der Waals surface area contributed by atoms with E-state index in [4.69, 9.17) is 4.98 Å². The molecule has 1 heterocycles. The Balaban J connectivity index is 2.32. The molecule has 1 aliphatic rings. The van der Waals surface area contributed by atoms with Crippen molar-refractivity contribution in [2.75, 3.05) is 0 Å². The van der Waals surface area contributed by atoms with Crippen molar-refractivity contribution in [3.63, 3.8) is 0 Å². The molecular weight excluding hydrogens is 240 g/mol. The molecule has 1 aliphatic carbocycles. The molecule has 0 aromatic carbocycles. The van der Waals surface area contributed by atoms with Gasteiger partial charge in [-0.25, -0.2) is 4.98 Å². The fourth-order valence-corrected chi connectivity index (χ4v) is 4.04. The van der Waals surface area contributed by atoms with E-state index >= 15 is 0 Å². The largest absolute Gasteiger partial charge is 0.303 e. The summed E-state index contributed by atoms with van der Waals surface area (Å²) in [5, 5.41) is 7.38. The van der Waals surface area contributed by atoms with E-state index in [0.29, 0.717) is 12.0 Å². The molecule has 0 aliphatic heterocycles. The molecule has 1 atom stereocenters. The smallest absolute Gasteiger partial charge is 0.113 e. The molecule has 0 bridgehead atoms. The minimum Gasteiger partial charge on any atom is -0.303 e. The molecule has 2 rings (SSSR count). The molecule has 2 nitrogen and oxygen atoms in total. The summed E-state index contributed by atoms with van der Waals surface area (Å²) >= 11 is 1.85. The van der Waals surface area contributed by atoms with Gasteiger partial charge in [-0.2, -0.15) is 0 Å². The number of rotatable bonds is 6. The summed E-state index contributed by atoms with van der Waals surface area (Å²) in [7, 11) is 0. The lowest BCUT2D eigenvalue weighted by Crippen LogP contribution is -2.47. The van der Waals surface area contributed by atoms with Crippen LogP contribution < -0.4 is 5.32 Å². The SMILES string of the molecule is CCC(NC(C)C)(c1nc(C(C)C)cs1)C1CC1. The van der Waals surface area contributed by atoms with E-state index in [1.807, 2.05) is 11.3 Å². The van der Waals surface area contributed by atoms with Gasteiger partial charge in [-0.3, -0.25) is 0 Å². The maximum Gasteiger partial charge on any atom is 0.113 e. The monoisotopic (exact) mass is 266 g/mol. The zero-order chi connectivity index (χ0) is 13.3. The molecule has 0 saturated heterocycles. The van der Waals surface area contributed by atoms with Crippen molar-refractivity contribution < 1.29 is 0 Å². The van der Waals surface area contributed by atoms with Crippen molar-refractivity contribution in [2.45, 2.75) is 71.4 Å². The van der Waals surface area contributed by atoms with Gasteiger partial charge in [0.2, 0.25) is 0 Å². The predicted octanol–water partition coefficient (Wildman–Crippen LogP) is 4.28. The van der Waals surface area contributed by atoms with E-state index in [2.05, 4.69) is 45.3 Å². The first-order valence-electron chi connectivity index (χ1n) is 7.23. The Hall–Kier alpha value is -0.410. The average Bonchev–Trinajstić information content (AvgIpc) is 3.02. The molecule has 1 unspecified atom stereocenters. The lowest BCUT2D eigenvalue weighted by molar-refractivity contribution is 0.252. The molecule has 1 fully saturated rings. The summed E-state index contributed by atoms with van der Waals surface area (Å²) in [4.78, 5) is 4.92. The average molecular weight is 266 g/mol. The molecule has 1 saturated carbocycles. The number of hydrogen-bond acceptors (Lipinski definition) is 3. The van der Waals surface area contributed by atoms with Crippen LogP contribution in [0.15, 0.2) is 5.38 Å². The van der Waals surface area contributed by atoms with Crippen LogP contribution in [0.4, 0.5) is 0 Å². The maximum absolute atomic E-state index is 4.92. The van der Waals surface area contributed by atoms with Crippen LogP contribution in [-0.2, 0) is 5.54 Å². The topological polar surface area (TPSA) is 24.9 Å². The fraction of sp³-hybridized carbons (Fsp3) is 0.800. The van der Waals surface area contributed by atoms with E-state index in [0.717, 1.165) is 12.3 Å². The van der Waals surface area contributed by atoms with Crippen molar-refractivity contribution in [3.05, 3.63) is 16.1 Å². The lowest BCUT2D eigenvalue weighted by atomic mass is 9.89. The highest BCUT2D eigenvalue weighted by atomic mass is 32.1. The Morgan fingerprint density at radius 1 is 1.39 bits per heavy atom. The van der Waals surface area contributed by atoms with Crippen LogP contribution in [0.2, 0.25) is 0 Å². The molecule has 18 heavy (non-hydrogen) atoms. The minimum absolute atomic E-state index is 0.131. The minimum atomic E-state index is 0.131. The second-order valence-electron chi connectivity index (χ2n) is 6.13. The predicted molar refractivity (Wildman–Crippen MR) is 79.2 cm³/mol. The Morgan fingerprint density at radius 3 is 2.44 bits per heavy atom. The Morgan fingerprint density at radius 2 is 2.06 bits per heavy atom. The summed E-state index contributed by atoms with van der Waals surface area (Å²) in [6, 6.07) is 0.511. The van der Waals surface area contributed by atoms with Crippen molar-refractivity contribution in [1.82, 2.24) is 10.3 Å². The third kappa shape index (κ3) is 2.62. The summed E-state index contributed by atoms with van der Waals surface area (Å²) in [5.41, 5.74) is 1.38. The van der Waals surface area contributed by atoms with Crippen LogP contribution in [0, 0.1) is 5.92 Å². The number of hydrogen-bond donors (Lipinski definition) is 1. The number of nitrogens with zero attached hydrogens (tertiary/aromatic N) is 1. The van der Waals surface area contributed by atoms with Crippen LogP contribution in [0.5, 0.6) is 0 Å². The van der Waals surface area contributed by atoms with E-state index in [9.17, 15) is 0 Å². The third-order valence-corrected chi connectivity index (χ3v) is 4.91.